The van der Waals surface area contributed by atoms with E-state index in [2.05, 4.69) is 0 Å². The largest absolute Gasteiger partial charge is 0.443 e. The van der Waals surface area contributed by atoms with Crippen LogP contribution in [0.3, 0.4) is 0 Å². The molecule has 0 bridgehead atoms. The fourth-order valence-electron chi connectivity index (χ4n) is 2.65. The van der Waals surface area contributed by atoms with Crippen molar-refractivity contribution < 1.29 is 28.7 Å². The first-order valence-electron chi connectivity index (χ1n) is 7.30. The number of carbonyl (C=O) groups is 2. The molecule has 1 spiro atoms. The van der Waals surface area contributed by atoms with E-state index in [0.717, 1.165) is 4.90 Å². The zero-order valence-electron chi connectivity index (χ0n) is 13.4. The average molecular weight is 336 g/mol. The van der Waals surface area contributed by atoms with E-state index in [-0.39, 0.29) is 30.2 Å². The summed E-state index contributed by atoms with van der Waals surface area (Å²) in [5, 5.41) is 11.0. The summed E-state index contributed by atoms with van der Waals surface area (Å²) in [6, 6.07) is 3.70. The van der Waals surface area contributed by atoms with Crippen molar-refractivity contribution in [3.63, 3.8) is 0 Å². The van der Waals surface area contributed by atoms with E-state index in [4.69, 9.17) is 14.2 Å². The molecule has 0 aromatic heterocycles. The average Bonchev–Trinajstić information content (AvgIpc) is 3.03. The predicted octanol–water partition coefficient (Wildman–Crippen LogP) is 2.08. The van der Waals surface area contributed by atoms with E-state index < -0.39 is 28.3 Å². The van der Waals surface area contributed by atoms with Gasteiger partial charge in [-0.15, -0.1) is 0 Å². The van der Waals surface area contributed by atoms with Crippen LogP contribution in [0, 0.1) is 10.1 Å². The van der Waals surface area contributed by atoms with Crippen molar-refractivity contribution in [1.29, 1.82) is 0 Å². The fourth-order valence-corrected chi connectivity index (χ4v) is 2.65. The van der Waals surface area contributed by atoms with Gasteiger partial charge in [0.1, 0.15) is 5.60 Å². The van der Waals surface area contributed by atoms with Gasteiger partial charge in [-0.05, 0) is 26.8 Å². The number of hydrogen-bond donors (Lipinski definition) is 0. The van der Waals surface area contributed by atoms with Gasteiger partial charge < -0.3 is 14.2 Å². The molecule has 0 N–H and O–H groups in total. The van der Waals surface area contributed by atoms with Crippen LogP contribution in [0.4, 0.5) is 16.2 Å². The number of nitrogens with zero attached hydrogens (tertiary/aromatic N) is 2. The summed E-state index contributed by atoms with van der Waals surface area (Å²) in [5.41, 5.74) is -0.760. The van der Waals surface area contributed by atoms with E-state index in [1.807, 2.05) is 0 Å². The number of rotatable bonds is 1. The molecule has 1 aromatic carbocycles. The van der Waals surface area contributed by atoms with Crippen molar-refractivity contribution in [2.45, 2.75) is 32.2 Å². The smallest absolute Gasteiger partial charge is 0.421 e. The number of fused-ring (bicyclic) bond motifs is 2. The minimum Gasteiger partial charge on any atom is -0.443 e. The number of imide groups is 1. The summed E-state index contributed by atoms with van der Waals surface area (Å²) >= 11 is 0. The number of nitro benzene ring substituents is 1. The van der Waals surface area contributed by atoms with E-state index >= 15 is 0 Å². The van der Waals surface area contributed by atoms with Gasteiger partial charge in [0.2, 0.25) is 0 Å². The van der Waals surface area contributed by atoms with E-state index in [1.165, 1.54) is 18.2 Å². The molecule has 0 unspecified atom stereocenters. The Morgan fingerprint density at radius 3 is 2.50 bits per heavy atom. The number of hydrogen-bond acceptors (Lipinski definition) is 7. The molecule has 1 saturated heterocycles. The number of benzene rings is 1. The second kappa shape index (κ2) is 5.25. The summed E-state index contributed by atoms with van der Waals surface area (Å²) in [6.07, 6.45) is -0.890. The number of ether oxygens (including phenoxy) is 3. The highest BCUT2D eigenvalue weighted by Gasteiger charge is 2.59. The van der Waals surface area contributed by atoms with Crippen LogP contribution in [0.1, 0.15) is 26.3 Å². The van der Waals surface area contributed by atoms with Gasteiger partial charge in [0, 0.05) is 12.1 Å². The van der Waals surface area contributed by atoms with Gasteiger partial charge in [0.05, 0.1) is 29.4 Å². The lowest BCUT2D eigenvalue weighted by Crippen LogP contribution is -2.45. The van der Waals surface area contributed by atoms with Crippen molar-refractivity contribution in [2.75, 3.05) is 18.1 Å². The van der Waals surface area contributed by atoms with Crippen molar-refractivity contribution in [3.05, 3.63) is 33.9 Å². The third kappa shape index (κ3) is 2.42. The summed E-state index contributed by atoms with van der Waals surface area (Å²) in [5.74, 6) is -2.61. The first kappa shape index (κ1) is 16.3. The number of anilines is 1. The molecule has 1 fully saturated rings. The normalized spacial score (nSPS) is 18.8. The Labute approximate surface area is 137 Å². The van der Waals surface area contributed by atoms with Gasteiger partial charge in [0.25, 0.3) is 11.5 Å². The Kier molecular flexibility index (Phi) is 3.57. The van der Waals surface area contributed by atoms with Gasteiger partial charge in [-0.1, -0.05) is 0 Å². The summed E-state index contributed by atoms with van der Waals surface area (Å²) in [7, 11) is 0. The second-order valence-corrected chi connectivity index (χ2v) is 6.39. The predicted molar refractivity (Wildman–Crippen MR) is 80.4 cm³/mol. The van der Waals surface area contributed by atoms with Crippen LogP contribution in [-0.4, -0.2) is 35.7 Å². The Bertz CT molecular complexity index is 732. The number of carbonyl (C=O) groups excluding carboxylic acids is 2. The van der Waals surface area contributed by atoms with Crippen molar-refractivity contribution in [1.82, 2.24) is 0 Å². The first-order chi connectivity index (χ1) is 11.2. The molecular formula is C15H16N2O7. The molecular weight excluding hydrogens is 320 g/mol. The molecule has 2 aliphatic rings. The molecule has 0 radical (unpaired) electrons. The molecule has 9 heteroatoms. The van der Waals surface area contributed by atoms with Crippen molar-refractivity contribution >= 4 is 23.4 Å². The third-order valence-corrected chi connectivity index (χ3v) is 3.54. The maximum absolute atomic E-state index is 12.8. The van der Waals surface area contributed by atoms with Crippen LogP contribution in [-0.2, 0) is 24.8 Å². The minimum atomic E-state index is -1.84. The molecule has 1 aromatic rings. The summed E-state index contributed by atoms with van der Waals surface area (Å²) in [4.78, 5) is 36.5. The minimum absolute atomic E-state index is 0.130. The van der Waals surface area contributed by atoms with Crippen LogP contribution >= 0.6 is 0 Å². The van der Waals surface area contributed by atoms with Gasteiger partial charge in [-0.25, -0.2) is 9.69 Å². The molecule has 0 aliphatic carbocycles. The number of amides is 2. The Morgan fingerprint density at radius 1 is 1.33 bits per heavy atom. The van der Waals surface area contributed by atoms with E-state index in [9.17, 15) is 19.7 Å². The SMILES string of the molecule is CC(C)(C)OC(=O)N1C(=O)C2(OCCO2)c2cc([N+](=O)[O-])ccc21. The molecule has 0 atom stereocenters. The van der Waals surface area contributed by atoms with Crippen molar-refractivity contribution in [2.24, 2.45) is 0 Å². The highest BCUT2D eigenvalue weighted by Crippen LogP contribution is 2.47. The topological polar surface area (TPSA) is 108 Å². The molecule has 3 rings (SSSR count). The standard InChI is InChI=1S/C15H16N2O7/c1-14(2,3)24-13(19)16-11-5-4-9(17(20)21)8-10(11)15(12(16)18)22-6-7-23-15/h4-5,8H,6-7H2,1-3H3. The summed E-state index contributed by atoms with van der Waals surface area (Å²) < 4.78 is 16.1. The van der Waals surface area contributed by atoms with Crippen LogP contribution < -0.4 is 4.90 Å². The third-order valence-electron chi connectivity index (χ3n) is 3.54. The lowest BCUT2D eigenvalue weighted by Gasteiger charge is -2.25. The first-order valence-corrected chi connectivity index (χ1v) is 7.30. The second-order valence-electron chi connectivity index (χ2n) is 6.39. The monoisotopic (exact) mass is 336 g/mol. The summed E-state index contributed by atoms with van der Waals surface area (Å²) in [6.45, 7) is 5.27. The molecule has 2 amide bonds. The zero-order chi connectivity index (χ0) is 17.7. The van der Waals surface area contributed by atoms with Gasteiger partial charge in [0.15, 0.2) is 0 Å². The Balaban J connectivity index is 2.10. The quantitative estimate of drug-likeness (QED) is 0.570. The lowest BCUT2D eigenvalue weighted by atomic mass is 10.1. The van der Waals surface area contributed by atoms with Crippen LogP contribution in [0.2, 0.25) is 0 Å². The molecule has 9 nitrogen and oxygen atoms in total. The van der Waals surface area contributed by atoms with Gasteiger partial charge in [-0.2, -0.15) is 0 Å². The molecule has 2 heterocycles. The Morgan fingerprint density at radius 2 is 1.96 bits per heavy atom. The Hall–Kier alpha value is -2.52. The molecule has 2 aliphatic heterocycles. The highest BCUT2D eigenvalue weighted by molar-refractivity contribution is 6.20. The van der Waals surface area contributed by atoms with E-state index in [1.54, 1.807) is 20.8 Å². The zero-order valence-corrected chi connectivity index (χ0v) is 13.4. The van der Waals surface area contributed by atoms with Gasteiger partial charge in [-0.3, -0.25) is 14.9 Å². The maximum atomic E-state index is 12.8. The van der Waals surface area contributed by atoms with Crippen LogP contribution in [0.5, 0.6) is 0 Å². The highest BCUT2D eigenvalue weighted by atomic mass is 16.7. The van der Waals surface area contributed by atoms with Crippen molar-refractivity contribution in [3.8, 4) is 0 Å². The number of nitro groups is 1. The fraction of sp³-hybridized carbons (Fsp3) is 0.467. The molecule has 128 valence electrons. The van der Waals surface area contributed by atoms with Gasteiger partial charge >= 0.3 is 12.0 Å². The van der Waals surface area contributed by atoms with Crippen LogP contribution in [0.25, 0.3) is 0 Å². The lowest BCUT2D eigenvalue weighted by molar-refractivity contribution is -0.385. The van der Waals surface area contributed by atoms with E-state index in [0.29, 0.717) is 0 Å². The molecule has 0 saturated carbocycles. The number of non-ortho nitro benzene ring substituents is 1. The molecule has 24 heavy (non-hydrogen) atoms. The maximum Gasteiger partial charge on any atom is 0.421 e. The van der Waals surface area contributed by atoms with Crippen LogP contribution in [0.15, 0.2) is 18.2 Å².